The largest absolute Gasteiger partial charge is 0.381 e. The molecule has 1 aromatic heterocycles. The SMILES string of the molecule is COC1CCC(Nc2cccc(F)n2)C1. The second kappa shape index (κ2) is 4.57. The smallest absolute Gasteiger partial charge is 0.214 e. The number of nitrogens with zero attached hydrogens (tertiary/aromatic N) is 1. The summed E-state index contributed by atoms with van der Waals surface area (Å²) in [5, 5.41) is 3.21. The van der Waals surface area contributed by atoms with Gasteiger partial charge in [0.25, 0.3) is 0 Å². The van der Waals surface area contributed by atoms with Gasteiger partial charge in [-0.15, -0.1) is 0 Å². The highest BCUT2D eigenvalue weighted by atomic mass is 19.1. The summed E-state index contributed by atoms with van der Waals surface area (Å²) in [4.78, 5) is 3.77. The summed E-state index contributed by atoms with van der Waals surface area (Å²) in [6, 6.07) is 5.14. The Balaban J connectivity index is 1.92. The fourth-order valence-corrected chi connectivity index (χ4v) is 1.98. The van der Waals surface area contributed by atoms with E-state index >= 15 is 0 Å². The second-order valence-electron chi connectivity index (χ2n) is 3.86. The normalized spacial score (nSPS) is 25.5. The van der Waals surface area contributed by atoms with E-state index in [9.17, 15) is 4.39 Å². The number of anilines is 1. The number of methoxy groups -OCH3 is 1. The Morgan fingerprint density at radius 2 is 2.33 bits per heavy atom. The molecule has 1 aliphatic carbocycles. The minimum Gasteiger partial charge on any atom is -0.381 e. The summed E-state index contributed by atoms with van der Waals surface area (Å²) < 4.78 is 18.1. The second-order valence-corrected chi connectivity index (χ2v) is 3.86. The molecular weight excluding hydrogens is 195 g/mol. The number of hydrogen-bond donors (Lipinski definition) is 1. The van der Waals surface area contributed by atoms with Gasteiger partial charge in [0.15, 0.2) is 0 Å². The molecule has 15 heavy (non-hydrogen) atoms. The van der Waals surface area contributed by atoms with E-state index in [-0.39, 0.29) is 0 Å². The summed E-state index contributed by atoms with van der Waals surface area (Å²) in [5.74, 6) is 0.165. The van der Waals surface area contributed by atoms with Gasteiger partial charge in [-0.2, -0.15) is 4.39 Å². The van der Waals surface area contributed by atoms with Crippen molar-refractivity contribution in [2.45, 2.75) is 31.4 Å². The van der Waals surface area contributed by atoms with E-state index < -0.39 is 5.95 Å². The van der Waals surface area contributed by atoms with Crippen molar-refractivity contribution in [1.82, 2.24) is 4.98 Å². The predicted molar refractivity (Wildman–Crippen MR) is 56.3 cm³/mol. The van der Waals surface area contributed by atoms with E-state index in [2.05, 4.69) is 10.3 Å². The molecule has 0 radical (unpaired) electrons. The van der Waals surface area contributed by atoms with Crippen molar-refractivity contribution in [2.24, 2.45) is 0 Å². The molecule has 3 nitrogen and oxygen atoms in total. The number of rotatable bonds is 3. The van der Waals surface area contributed by atoms with E-state index in [1.807, 2.05) is 0 Å². The number of nitrogens with one attached hydrogen (secondary N) is 1. The Labute approximate surface area is 88.7 Å². The first-order chi connectivity index (χ1) is 7.28. The summed E-state index contributed by atoms with van der Waals surface area (Å²) in [6.07, 6.45) is 3.41. The van der Waals surface area contributed by atoms with Crippen LogP contribution in [0.1, 0.15) is 19.3 Å². The van der Waals surface area contributed by atoms with Crippen molar-refractivity contribution in [1.29, 1.82) is 0 Å². The van der Waals surface area contributed by atoms with Crippen molar-refractivity contribution in [3.8, 4) is 0 Å². The van der Waals surface area contributed by atoms with Crippen molar-refractivity contribution in [3.05, 3.63) is 24.1 Å². The maximum atomic E-state index is 12.8. The molecule has 4 heteroatoms. The number of aromatic nitrogens is 1. The molecule has 0 saturated heterocycles. The molecule has 2 rings (SSSR count). The molecule has 1 aromatic rings. The van der Waals surface area contributed by atoms with E-state index in [0.29, 0.717) is 18.0 Å². The summed E-state index contributed by atoms with van der Waals surface area (Å²) >= 11 is 0. The van der Waals surface area contributed by atoms with Crippen LogP contribution in [-0.4, -0.2) is 24.2 Å². The van der Waals surface area contributed by atoms with E-state index in [1.54, 1.807) is 19.2 Å². The maximum absolute atomic E-state index is 12.8. The fourth-order valence-electron chi connectivity index (χ4n) is 1.98. The van der Waals surface area contributed by atoms with Crippen LogP contribution in [0.2, 0.25) is 0 Å². The zero-order valence-corrected chi connectivity index (χ0v) is 8.74. The van der Waals surface area contributed by atoms with Crippen molar-refractivity contribution < 1.29 is 9.13 Å². The first-order valence-electron chi connectivity index (χ1n) is 5.20. The average molecular weight is 210 g/mol. The van der Waals surface area contributed by atoms with E-state index in [0.717, 1.165) is 19.3 Å². The van der Waals surface area contributed by atoms with Crippen LogP contribution in [-0.2, 0) is 4.74 Å². The van der Waals surface area contributed by atoms with Crippen LogP contribution in [0.5, 0.6) is 0 Å². The molecule has 1 heterocycles. The van der Waals surface area contributed by atoms with Crippen molar-refractivity contribution >= 4 is 5.82 Å². The minimum atomic E-state index is -0.443. The Morgan fingerprint density at radius 1 is 1.47 bits per heavy atom. The molecule has 0 aromatic carbocycles. The van der Waals surface area contributed by atoms with Crippen LogP contribution in [0.3, 0.4) is 0 Å². The van der Waals surface area contributed by atoms with Gasteiger partial charge in [-0.1, -0.05) is 6.07 Å². The summed E-state index contributed by atoms with van der Waals surface area (Å²) in [5.41, 5.74) is 0. The predicted octanol–water partition coefficient (Wildman–Crippen LogP) is 2.20. The van der Waals surface area contributed by atoms with Gasteiger partial charge in [0.05, 0.1) is 6.10 Å². The molecule has 1 N–H and O–H groups in total. The number of ether oxygens (including phenoxy) is 1. The van der Waals surface area contributed by atoms with Crippen LogP contribution in [0.15, 0.2) is 18.2 Å². The maximum Gasteiger partial charge on any atom is 0.214 e. The van der Waals surface area contributed by atoms with Crippen LogP contribution in [0.4, 0.5) is 10.2 Å². The topological polar surface area (TPSA) is 34.1 Å². The molecule has 1 saturated carbocycles. The van der Waals surface area contributed by atoms with Gasteiger partial charge in [0.1, 0.15) is 5.82 Å². The Kier molecular flexibility index (Phi) is 3.16. The van der Waals surface area contributed by atoms with Crippen molar-refractivity contribution in [3.63, 3.8) is 0 Å². The Bertz CT molecular complexity index is 332. The first kappa shape index (κ1) is 10.4. The lowest BCUT2D eigenvalue weighted by Crippen LogP contribution is -2.18. The molecule has 1 aliphatic rings. The zero-order valence-electron chi connectivity index (χ0n) is 8.74. The minimum absolute atomic E-state index is 0.330. The molecule has 2 unspecified atom stereocenters. The highest BCUT2D eigenvalue weighted by Gasteiger charge is 2.24. The Hall–Kier alpha value is -1.16. The van der Waals surface area contributed by atoms with Crippen LogP contribution < -0.4 is 5.32 Å². The highest BCUT2D eigenvalue weighted by Crippen LogP contribution is 2.24. The van der Waals surface area contributed by atoms with Gasteiger partial charge in [-0.05, 0) is 31.4 Å². The molecule has 0 aliphatic heterocycles. The van der Waals surface area contributed by atoms with Crippen LogP contribution in [0.25, 0.3) is 0 Å². The monoisotopic (exact) mass is 210 g/mol. The highest BCUT2D eigenvalue weighted by molar-refractivity contribution is 5.35. The van der Waals surface area contributed by atoms with Gasteiger partial charge >= 0.3 is 0 Å². The van der Waals surface area contributed by atoms with E-state index in [1.165, 1.54) is 6.07 Å². The van der Waals surface area contributed by atoms with Gasteiger partial charge in [-0.3, -0.25) is 0 Å². The third kappa shape index (κ3) is 2.65. The molecule has 0 bridgehead atoms. The number of halogens is 1. The lowest BCUT2D eigenvalue weighted by molar-refractivity contribution is 0.108. The number of hydrogen-bond acceptors (Lipinski definition) is 3. The number of pyridine rings is 1. The third-order valence-corrected chi connectivity index (χ3v) is 2.78. The van der Waals surface area contributed by atoms with Crippen LogP contribution >= 0.6 is 0 Å². The first-order valence-corrected chi connectivity index (χ1v) is 5.20. The lowest BCUT2D eigenvalue weighted by atomic mass is 10.2. The average Bonchev–Trinajstić information content (AvgIpc) is 2.65. The molecular formula is C11H15FN2O. The van der Waals surface area contributed by atoms with Gasteiger partial charge in [-0.25, -0.2) is 4.98 Å². The summed E-state index contributed by atoms with van der Waals surface area (Å²) in [6.45, 7) is 0. The molecule has 0 amide bonds. The fraction of sp³-hybridized carbons (Fsp3) is 0.545. The molecule has 0 spiro atoms. The van der Waals surface area contributed by atoms with Gasteiger partial charge in [0.2, 0.25) is 5.95 Å². The van der Waals surface area contributed by atoms with E-state index in [4.69, 9.17) is 4.74 Å². The lowest BCUT2D eigenvalue weighted by Gasteiger charge is -2.13. The van der Waals surface area contributed by atoms with Crippen LogP contribution in [0, 0.1) is 5.95 Å². The molecule has 82 valence electrons. The summed E-state index contributed by atoms with van der Waals surface area (Å²) in [7, 11) is 1.73. The van der Waals surface area contributed by atoms with Gasteiger partial charge in [0, 0.05) is 13.2 Å². The van der Waals surface area contributed by atoms with Crippen molar-refractivity contribution in [2.75, 3.05) is 12.4 Å². The zero-order chi connectivity index (χ0) is 10.7. The molecule has 1 fully saturated rings. The quantitative estimate of drug-likeness (QED) is 0.776. The Morgan fingerprint density at radius 3 is 3.00 bits per heavy atom. The van der Waals surface area contributed by atoms with Gasteiger partial charge < -0.3 is 10.1 Å². The standard InChI is InChI=1S/C11H15FN2O/c1-15-9-6-5-8(7-9)13-11-4-2-3-10(12)14-11/h2-4,8-9H,5-7H2,1H3,(H,13,14). The third-order valence-electron chi connectivity index (χ3n) is 2.78. The molecule has 2 atom stereocenters.